The molecule has 1 aliphatic rings. The van der Waals surface area contributed by atoms with Gasteiger partial charge in [-0.25, -0.2) is 0 Å². The Hall–Kier alpha value is -0.880. The lowest BCUT2D eigenvalue weighted by molar-refractivity contribution is -0.112. The largest absolute Gasteiger partial charge is 0.381 e. The molecule has 0 amide bonds. The molecule has 0 aromatic rings. The van der Waals surface area contributed by atoms with Crippen LogP contribution in [0.15, 0.2) is 25.4 Å². The van der Waals surface area contributed by atoms with E-state index in [9.17, 15) is 0 Å². The Kier molecular flexibility index (Phi) is 21.3. The van der Waals surface area contributed by atoms with Crippen molar-refractivity contribution in [1.29, 1.82) is 0 Å². The van der Waals surface area contributed by atoms with Crippen LogP contribution in [0.4, 0.5) is 0 Å². The van der Waals surface area contributed by atoms with Crippen LogP contribution in [-0.4, -0.2) is 67.7 Å². The summed E-state index contributed by atoms with van der Waals surface area (Å²) in [7, 11) is 2.01. The average molecular weight is 344 g/mol. The molecule has 1 rings (SSSR count). The second-order valence-corrected chi connectivity index (χ2v) is 5.66. The molecule has 0 bridgehead atoms. The Morgan fingerprint density at radius 2 is 1.67 bits per heavy atom. The van der Waals surface area contributed by atoms with E-state index in [1.165, 1.54) is 17.9 Å². The van der Waals surface area contributed by atoms with Crippen LogP contribution in [0.25, 0.3) is 0 Å². The molecule has 0 spiro atoms. The van der Waals surface area contributed by atoms with Gasteiger partial charge in [0, 0.05) is 45.4 Å². The fraction of sp³-hybridized carbons (Fsp3) is 0.789. The van der Waals surface area contributed by atoms with Crippen LogP contribution in [0.1, 0.15) is 46.5 Å². The van der Waals surface area contributed by atoms with Crippen LogP contribution in [0.3, 0.4) is 0 Å². The molecule has 2 N–H and O–H groups in total. The highest BCUT2D eigenvalue weighted by Gasteiger charge is 2.10. The second-order valence-electron chi connectivity index (χ2n) is 5.66. The molecule has 0 aromatic heterocycles. The van der Waals surface area contributed by atoms with E-state index in [0.717, 1.165) is 58.3 Å². The molecule has 1 fully saturated rings. The molecule has 5 heteroatoms. The fourth-order valence-electron chi connectivity index (χ4n) is 2.00. The van der Waals surface area contributed by atoms with Gasteiger partial charge in [0.05, 0.1) is 0 Å². The van der Waals surface area contributed by atoms with Crippen molar-refractivity contribution in [3.8, 4) is 0 Å². The fourth-order valence-corrected chi connectivity index (χ4v) is 2.00. The summed E-state index contributed by atoms with van der Waals surface area (Å²) in [5.41, 5.74) is 0. The van der Waals surface area contributed by atoms with Gasteiger partial charge in [0.1, 0.15) is 0 Å². The summed E-state index contributed by atoms with van der Waals surface area (Å²) in [6, 6.07) is 0.736. The highest BCUT2D eigenvalue weighted by atomic mass is 16.5. The minimum atomic E-state index is 0.728. The van der Waals surface area contributed by atoms with E-state index in [2.05, 4.69) is 44.1 Å². The number of nitrogens with zero attached hydrogens (tertiary/aromatic N) is 2. The molecule has 5 nitrogen and oxygen atoms in total. The summed E-state index contributed by atoms with van der Waals surface area (Å²) in [5, 5.41) is 13.4. The van der Waals surface area contributed by atoms with E-state index in [4.69, 9.17) is 9.94 Å². The minimum Gasteiger partial charge on any atom is -0.381 e. The average Bonchev–Trinajstić information content (AvgIpc) is 2.62. The third kappa shape index (κ3) is 17.5. The standard InChI is InChI=1S/C7H14O.C6H12N2O.C6H15N/c1-3-5-7-8-6-4-2;1-2-7-3-5-8(9)6-4-7;1-4-6(5-2)7-3/h3H,1,4-7H2,2H3;2,9H,1,3-6H2;6-7H,4-5H2,1-3H3. The van der Waals surface area contributed by atoms with Crippen LogP contribution in [0, 0.1) is 0 Å². The molecule has 1 aliphatic heterocycles. The second kappa shape index (κ2) is 20.2. The Morgan fingerprint density at radius 3 is 2.00 bits per heavy atom. The molecule has 0 aromatic carbocycles. The number of rotatable bonds is 9. The molecular formula is C19H41N3O2. The van der Waals surface area contributed by atoms with Crippen LogP contribution >= 0.6 is 0 Å². The van der Waals surface area contributed by atoms with Gasteiger partial charge in [0.15, 0.2) is 0 Å². The number of nitrogens with one attached hydrogen (secondary N) is 1. The van der Waals surface area contributed by atoms with E-state index < -0.39 is 0 Å². The van der Waals surface area contributed by atoms with Gasteiger partial charge in [-0.05, 0) is 38.9 Å². The maximum Gasteiger partial charge on any atom is 0.0500 e. The zero-order valence-electron chi connectivity index (χ0n) is 16.5. The van der Waals surface area contributed by atoms with Gasteiger partial charge in [0.2, 0.25) is 0 Å². The Balaban J connectivity index is 0. The summed E-state index contributed by atoms with van der Waals surface area (Å²) < 4.78 is 5.15. The third-order valence-corrected chi connectivity index (χ3v) is 3.76. The van der Waals surface area contributed by atoms with Crippen molar-refractivity contribution in [3.63, 3.8) is 0 Å². The van der Waals surface area contributed by atoms with E-state index >= 15 is 0 Å². The zero-order chi connectivity index (χ0) is 18.6. The van der Waals surface area contributed by atoms with Crippen molar-refractivity contribution >= 4 is 0 Å². The molecule has 0 aliphatic carbocycles. The normalized spacial score (nSPS) is 14.3. The highest BCUT2D eigenvalue weighted by molar-refractivity contribution is 4.75. The van der Waals surface area contributed by atoms with Gasteiger partial charge in [-0.3, -0.25) is 0 Å². The van der Waals surface area contributed by atoms with E-state index in [-0.39, 0.29) is 0 Å². The van der Waals surface area contributed by atoms with Gasteiger partial charge in [-0.15, -0.1) is 6.58 Å². The van der Waals surface area contributed by atoms with Crippen LogP contribution in [0.5, 0.6) is 0 Å². The number of hydroxylamine groups is 2. The van der Waals surface area contributed by atoms with Crippen molar-refractivity contribution in [2.24, 2.45) is 0 Å². The molecule has 0 unspecified atom stereocenters. The Labute approximate surface area is 150 Å². The van der Waals surface area contributed by atoms with Gasteiger partial charge in [0.25, 0.3) is 0 Å². The van der Waals surface area contributed by atoms with Crippen molar-refractivity contribution in [1.82, 2.24) is 15.3 Å². The number of ether oxygens (including phenoxy) is 1. The minimum absolute atomic E-state index is 0.728. The SMILES string of the molecule is C=CCCOCCC.C=CN1CCN(O)CC1.CCC(CC)NC. The molecular weight excluding hydrogens is 302 g/mol. The lowest BCUT2D eigenvalue weighted by atomic mass is 10.2. The Morgan fingerprint density at radius 1 is 1.08 bits per heavy atom. The first kappa shape index (κ1) is 25.4. The summed E-state index contributed by atoms with van der Waals surface area (Å²) >= 11 is 0. The smallest absolute Gasteiger partial charge is 0.0500 e. The molecule has 0 radical (unpaired) electrons. The first-order valence-corrected chi connectivity index (χ1v) is 9.25. The molecule has 1 saturated heterocycles. The lowest BCUT2D eigenvalue weighted by Crippen LogP contribution is -2.41. The van der Waals surface area contributed by atoms with Gasteiger partial charge in [-0.2, -0.15) is 5.06 Å². The maximum absolute atomic E-state index is 8.89. The number of hydrogen-bond donors (Lipinski definition) is 2. The summed E-state index contributed by atoms with van der Waals surface area (Å²) in [6.07, 6.45) is 8.25. The van der Waals surface area contributed by atoms with Crippen LogP contribution in [-0.2, 0) is 4.74 Å². The summed E-state index contributed by atoms with van der Waals surface area (Å²) in [5.74, 6) is 0. The van der Waals surface area contributed by atoms with Crippen molar-refractivity contribution in [2.75, 3.05) is 46.4 Å². The predicted octanol–water partition coefficient (Wildman–Crippen LogP) is 3.52. The number of hydrogen-bond acceptors (Lipinski definition) is 5. The molecule has 144 valence electrons. The zero-order valence-corrected chi connectivity index (χ0v) is 16.5. The first-order chi connectivity index (χ1) is 11.6. The molecule has 1 heterocycles. The number of piperazine rings is 1. The Bertz CT molecular complexity index is 258. The lowest BCUT2D eigenvalue weighted by Gasteiger charge is -2.29. The summed E-state index contributed by atoms with van der Waals surface area (Å²) in [4.78, 5) is 2.09. The van der Waals surface area contributed by atoms with Crippen molar-refractivity contribution < 1.29 is 9.94 Å². The van der Waals surface area contributed by atoms with E-state index in [1.807, 2.05) is 19.3 Å². The van der Waals surface area contributed by atoms with Gasteiger partial charge in [-0.1, -0.05) is 33.4 Å². The van der Waals surface area contributed by atoms with Crippen molar-refractivity contribution in [3.05, 3.63) is 25.4 Å². The monoisotopic (exact) mass is 343 g/mol. The van der Waals surface area contributed by atoms with Gasteiger partial charge < -0.3 is 20.2 Å². The summed E-state index contributed by atoms with van der Waals surface area (Å²) in [6.45, 7) is 18.7. The topological polar surface area (TPSA) is 48.0 Å². The quantitative estimate of drug-likeness (QED) is 0.495. The third-order valence-electron chi connectivity index (χ3n) is 3.76. The van der Waals surface area contributed by atoms with Crippen LogP contribution in [0.2, 0.25) is 0 Å². The van der Waals surface area contributed by atoms with E-state index in [1.54, 1.807) is 0 Å². The molecule has 24 heavy (non-hydrogen) atoms. The maximum atomic E-state index is 8.89. The predicted molar refractivity (Wildman–Crippen MR) is 104 cm³/mol. The highest BCUT2D eigenvalue weighted by Crippen LogP contribution is 1.97. The molecule has 0 atom stereocenters. The molecule has 0 saturated carbocycles. The van der Waals surface area contributed by atoms with Crippen molar-refractivity contribution in [2.45, 2.75) is 52.5 Å². The van der Waals surface area contributed by atoms with Crippen LogP contribution < -0.4 is 5.32 Å². The first-order valence-electron chi connectivity index (χ1n) is 9.25. The van der Waals surface area contributed by atoms with E-state index in [0.29, 0.717) is 0 Å². The van der Waals surface area contributed by atoms with Gasteiger partial charge >= 0.3 is 0 Å².